The maximum atomic E-state index is 12.2. The van der Waals surface area contributed by atoms with Crippen molar-refractivity contribution in [3.63, 3.8) is 0 Å². The number of nitrogens with one attached hydrogen (secondary N) is 1. The van der Waals surface area contributed by atoms with Crippen LogP contribution in [-0.2, 0) is 20.2 Å². The summed E-state index contributed by atoms with van der Waals surface area (Å²) in [6.07, 6.45) is 0. The largest absolute Gasteiger partial charge is 1.00 e. The standard InChI is InChI=1S/C33H25N5O6S2.2Na/c1-21-14-15-23(20-32(21)46(42,43)44)35-36-27-16-17-28(25-11-6-5-10-24(25)27)37-38-29-18-19-30(34-22-8-3-2-4-9-22)33-26(29)12-7-13-31(33)45(39,40)41;;/h2-20,34H,1H3,(H,39,40,41)(H,42,43,44);;/q;2*+1/p-2. The zero-order chi connectivity index (χ0) is 32.5. The molecule has 0 aliphatic heterocycles. The van der Waals surface area contributed by atoms with E-state index in [1.165, 1.54) is 31.2 Å². The van der Waals surface area contributed by atoms with Gasteiger partial charge in [-0.3, -0.25) is 0 Å². The van der Waals surface area contributed by atoms with Gasteiger partial charge in [-0.2, -0.15) is 5.11 Å². The minimum absolute atomic E-state index is 0. The number of anilines is 2. The Kier molecular flexibility index (Phi) is 12.1. The number of hydrogen-bond acceptors (Lipinski definition) is 11. The average molecular weight is 696 g/mol. The van der Waals surface area contributed by atoms with Gasteiger partial charge in [0, 0.05) is 32.9 Å². The summed E-state index contributed by atoms with van der Waals surface area (Å²) in [5.74, 6) is 0. The van der Waals surface area contributed by atoms with Crippen LogP contribution in [0, 0.1) is 6.92 Å². The summed E-state index contributed by atoms with van der Waals surface area (Å²) in [6, 6.07) is 31.7. The Balaban J connectivity index is 0.00000260. The predicted octanol–water partition coefficient (Wildman–Crippen LogP) is 2.69. The molecule has 0 saturated carbocycles. The van der Waals surface area contributed by atoms with Crippen molar-refractivity contribution < 1.29 is 85.1 Å². The van der Waals surface area contributed by atoms with Gasteiger partial charge >= 0.3 is 59.1 Å². The van der Waals surface area contributed by atoms with Crippen LogP contribution < -0.4 is 64.4 Å². The van der Waals surface area contributed by atoms with E-state index < -0.39 is 20.2 Å². The van der Waals surface area contributed by atoms with Crippen molar-refractivity contribution in [1.29, 1.82) is 0 Å². The van der Waals surface area contributed by atoms with Crippen LogP contribution in [0.3, 0.4) is 0 Å². The second kappa shape index (κ2) is 15.5. The predicted molar refractivity (Wildman–Crippen MR) is 173 cm³/mol. The van der Waals surface area contributed by atoms with Gasteiger partial charge in [-0.05, 0) is 67.1 Å². The van der Waals surface area contributed by atoms with Crippen molar-refractivity contribution in [1.82, 2.24) is 0 Å². The average Bonchev–Trinajstić information content (AvgIpc) is 3.03. The zero-order valence-corrected chi connectivity index (χ0v) is 31.7. The Labute approximate surface area is 321 Å². The van der Waals surface area contributed by atoms with Crippen molar-refractivity contribution in [3.05, 3.63) is 121 Å². The molecule has 0 atom stereocenters. The van der Waals surface area contributed by atoms with E-state index in [9.17, 15) is 25.9 Å². The maximum Gasteiger partial charge on any atom is 1.00 e. The molecule has 0 radical (unpaired) electrons. The monoisotopic (exact) mass is 695 g/mol. The van der Waals surface area contributed by atoms with E-state index >= 15 is 0 Å². The third kappa shape index (κ3) is 8.26. The quantitative estimate of drug-likeness (QED) is 0.145. The molecular formula is C33H23N5Na2O6S2. The van der Waals surface area contributed by atoms with Gasteiger partial charge in [-0.1, -0.05) is 60.7 Å². The first-order valence-electron chi connectivity index (χ1n) is 13.7. The fourth-order valence-corrected chi connectivity index (χ4v) is 6.46. The smallest absolute Gasteiger partial charge is 0.744 e. The summed E-state index contributed by atoms with van der Waals surface area (Å²) < 4.78 is 71.5. The molecule has 6 aromatic carbocycles. The van der Waals surface area contributed by atoms with Gasteiger partial charge < -0.3 is 14.4 Å². The number of rotatable bonds is 8. The first kappa shape index (κ1) is 37.5. The van der Waals surface area contributed by atoms with Crippen LogP contribution >= 0.6 is 0 Å². The Bertz CT molecular complexity index is 2430. The van der Waals surface area contributed by atoms with Crippen LogP contribution in [0.1, 0.15) is 5.56 Å². The SMILES string of the molecule is Cc1ccc(N=Nc2ccc(N=Nc3ccc(Nc4ccccc4)c4c(S(=O)(=O)[O-])cccc34)c3ccccc23)cc1S(=O)(=O)[O-].[Na+].[Na+]. The van der Waals surface area contributed by atoms with Gasteiger partial charge in [0.05, 0.1) is 32.5 Å². The second-order valence-corrected chi connectivity index (χ2v) is 12.9. The van der Waals surface area contributed by atoms with E-state index in [0.29, 0.717) is 50.2 Å². The van der Waals surface area contributed by atoms with Crippen molar-refractivity contribution in [2.75, 3.05) is 5.32 Å². The third-order valence-electron chi connectivity index (χ3n) is 7.16. The summed E-state index contributed by atoms with van der Waals surface area (Å²) in [5.41, 5.74) is 2.93. The van der Waals surface area contributed by atoms with E-state index in [-0.39, 0.29) is 80.0 Å². The van der Waals surface area contributed by atoms with Gasteiger partial charge in [-0.25, -0.2) is 16.8 Å². The molecule has 0 aliphatic carbocycles. The summed E-state index contributed by atoms with van der Waals surface area (Å²) in [6.45, 7) is 1.52. The molecule has 15 heteroatoms. The molecule has 230 valence electrons. The van der Waals surface area contributed by atoms with E-state index in [1.54, 1.807) is 36.4 Å². The van der Waals surface area contributed by atoms with Crippen LogP contribution in [0.15, 0.2) is 146 Å². The van der Waals surface area contributed by atoms with Crippen molar-refractivity contribution in [2.45, 2.75) is 16.7 Å². The molecule has 48 heavy (non-hydrogen) atoms. The van der Waals surface area contributed by atoms with Crippen LogP contribution in [0.5, 0.6) is 0 Å². The summed E-state index contributed by atoms with van der Waals surface area (Å²) in [5, 5.41) is 22.5. The van der Waals surface area contributed by atoms with Crippen molar-refractivity contribution in [2.24, 2.45) is 20.5 Å². The van der Waals surface area contributed by atoms with Crippen molar-refractivity contribution >= 4 is 75.9 Å². The molecule has 0 spiro atoms. The number of azo groups is 2. The molecule has 0 bridgehead atoms. The Hall–Kier alpha value is -3.34. The first-order valence-corrected chi connectivity index (χ1v) is 16.6. The molecule has 0 fully saturated rings. The van der Waals surface area contributed by atoms with E-state index in [1.807, 2.05) is 54.6 Å². The molecule has 0 aliphatic rings. The fraction of sp³-hybridized carbons (Fsp3) is 0.0303. The number of aryl methyl sites for hydroxylation is 1. The van der Waals surface area contributed by atoms with Gasteiger partial charge in [0.2, 0.25) is 0 Å². The van der Waals surface area contributed by atoms with Crippen LogP contribution in [0.4, 0.5) is 34.1 Å². The zero-order valence-electron chi connectivity index (χ0n) is 26.0. The van der Waals surface area contributed by atoms with Gasteiger partial charge in [0.1, 0.15) is 20.2 Å². The van der Waals surface area contributed by atoms with Gasteiger partial charge in [-0.15, -0.1) is 15.3 Å². The van der Waals surface area contributed by atoms with Crippen molar-refractivity contribution in [3.8, 4) is 0 Å². The molecule has 0 heterocycles. The first-order chi connectivity index (χ1) is 22.0. The summed E-state index contributed by atoms with van der Waals surface area (Å²) >= 11 is 0. The molecule has 0 aromatic heterocycles. The third-order valence-corrected chi connectivity index (χ3v) is 9.02. The summed E-state index contributed by atoms with van der Waals surface area (Å²) in [7, 11) is -9.50. The van der Waals surface area contributed by atoms with E-state index in [2.05, 4.69) is 25.8 Å². The Morgan fingerprint density at radius 2 is 1.06 bits per heavy atom. The number of fused-ring (bicyclic) bond motifs is 2. The van der Waals surface area contributed by atoms with Gasteiger partial charge in [0.15, 0.2) is 0 Å². The summed E-state index contributed by atoms with van der Waals surface area (Å²) in [4.78, 5) is -0.741. The van der Waals surface area contributed by atoms with Crippen LogP contribution in [0.2, 0.25) is 0 Å². The van der Waals surface area contributed by atoms with E-state index in [0.717, 1.165) is 0 Å². The fourth-order valence-electron chi connectivity index (χ4n) is 5.02. The van der Waals surface area contributed by atoms with E-state index in [4.69, 9.17) is 0 Å². The normalized spacial score (nSPS) is 11.9. The second-order valence-electron chi connectivity index (χ2n) is 10.2. The van der Waals surface area contributed by atoms with Crippen LogP contribution in [0.25, 0.3) is 21.5 Å². The molecule has 0 unspecified atom stereocenters. The van der Waals surface area contributed by atoms with Gasteiger partial charge in [0.25, 0.3) is 0 Å². The topological polar surface area (TPSA) is 176 Å². The molecular weight excluding hydrogens is 673 g/mol. The number of nitrogens with zero attached hydrogens (tertiary/aromatic N) is 4. The number of benzene rings is 6. The number of hydrogen-bond donors (Lipinski definition) is 1. The molecule has 6 aromatic rings. The van der Waals surface area contributed by atoms with Crippen LogP contribution in [-0.4, -0.2) is 25.9 Å². The molecule has 0 amide bonds. The molecule has 1 N–H and O–H groups in total. The minimum atomic E-state index is -4.83. The Morgan fingerprint density at radius 1 is 0.542 bits per heavy atom. The Morgan fingerprint density at radius 3 is 1.67 bits per heavy atom. The maximum absolute atomic E-state index is 12.2. The molecule has 6 rings (SSSR count). The number of para-hydroxylation sites is 1. The molecule has 11 nitrogen and oxygen atoms in total. The molecule has 0 saturated heterocycles. The minimum Gasteiger partial charge on any atom is -0.744 e.